The van der Waals surface area contributed by atoms with Gasteiger partial charge in [-0.1, -0.05) is 31.5 Å². The van der Waals surface area contributed by atoms with Gasteiger partial charge in [0, 0.05) is 0 Å². The highest BCUT2D eigenvalue weighted by molar-refractivity contribution is 8.06. The Kier molecular flexibility index (Phi) is 4.40. The first kappa shape index (κ1) is 12.6. The van der Waals surface area contributed by atoms with E-state index in [1.54, 1.807) is 18.2 Å². The Morgan fingerprint density at radius 3 is 2.44 bits per heavy atom. The first-order chi connectivity index (χ1) is 7.62. The number of nitrogens with zero attached hydrogens (tertiary/aromatic N) is 2. The fourth-order valence-electron chi connectivity index (χ4n) is 1.30. The van der Waals surface area contributed by atoms with Crippen LogP contribution >= 0.6 is 0 Å². The fraction of sp³-hybridized carbons (Fsp3) is 0.364. The van der Waals surface area contributed by atoms with E-state index < -0.39 is 9.84 Å². The first-order valence-corrected chi connectivity index (χ1v) is 6.62. The molecule has 0 bridgehead atoms. The van der Waals surface area contributed by atoms with E-state index in [0.29, 0.717) is 6.42 Å². The van der Waals surface area contributed by atoms with Gasteiger partial charge in [-0.25, -0.2) is 8.42 Å². The van der Waals surface area contributed by atoms with E-state index in [0.717, 1.165) is 6.42 Å². The summed E-state index contributed by atoms with van der Waals surface area (Å²) in [5.41, 5.74) is 8.76. The van der Waals surface area contributed by atoms with E-state index in [4.69, 9.17) is 5.53 Å². The standard InChI is InChI=1S/C11H14N2O2S/c1-2-3-9-11(13-12)16(14,15)10-7-5-4-6-8-10/h4-8H,2-3,9H2,1H3. The molecular formula is C11H14N2O2S. The number of benzene rings is 1. The Hall–Kier alpha value is -1.45. The average molecular weight is 238 g/mol. The molecule has 0 N–H and O–H groups in total. The molecule has 0 amide bonds. The van der Waals surface area contributed by atoms with Crippen LogP contribution in [-0.2, 0) is 9.84 Å². The fourth-order valence-corrected chi connectivity index (χ4v) is 2.61. The summed E-state index contributed by atoms with van der Waals surface area (Å²) < 4.78 is 24.0. The van der Waals surface area contributed by atoms with Crippen LogP contribution in [0.4, 0.5) is 0 Å². The molecule has 1 aromatic carbocycles. The number of hydrogen-bond donors (Lipinski definition) is 0. The molecule has 0 aliphatic rings. The predicted octanol–water partition coefficient (Wildman–Crippen LogP) is 2.28. The third-order valence-electron chi connectivity index (χ3n) is 2.22. The second-order valence-electron chi connectivity index (χ2n) is 3.41. The molecule has 0 saturated carbocycles. The maximum atomic E-state index is 12.0. The zero-order valence-corrected chi connectivity index (χ0v) is 9.94. The van der Waals surface area contributed by atoms with Crippen LogP contribution in [0.1, 0.15) is 26.2 Å². The Morgan fingerprint density at radius 1 is 1.31 bits per heavy atom. The zero-order valence-electron chi connectivity index (χ0n) is 9.13. The van der Waals surface area contributed by atoms with Gasteiger partial charge in [-0.15, -0.1) is 0 Å². The third-order valence-corrected chi connectivity index (χ3v) is 4.02. The van der Waals surface area contributed by atoms with Crippen LogP contribution in [0.25, 0.3) is 5.53 Å². The topological polar surface area (TPSA) is 70.5 Å². The molecule has 1 rings (SSSR count). The van der Waals surface area contributed by atoms with Crippen molar-refractivity contribution in [3.05, 3.63) is 35.9 Å². The van der Waals surface area contributed by atoms with Gasteiger partial charge in [0.1, 0.15) is 0 Å². The molecule has 0 aliphatic heterocycles. The Bertz CT molecular complexity index is 488. The van der Waals surface area contributed by atoms with E-state index in [9.17, 15) is 8.42 Å². The summed E-state index contributed by atoms with van der Waals surface area (Å²) in [4.78, 5) is 3.07. The molecular weight excluding hydrogens is 224 g/mol. The van der Waals surface area contributed by atoms with Crippen LogP contribution < -0.4 is 0 Å². The van der Waals surface area contributed by atoms with Gasteiger partial charge in [-0.2, -0.15) is 4.79 Å². The Morgan fingerprint density at radius 2 is 1.94 bits per heavy atom. The average Bonchev–Trinajstić information content (AvgIpc) is 2.31. The monoisotopic (exact) mass is 238 g/mol. The van der Waals surface area contributed by atoms with Crippen molar-refractivity contribution in [2.45, 2.75) is 31.1 Å². The molecule has 0 atom stereocenters. The van der Waals surface area contributed by atoms with E-state index in [1.165, 1.54) is 12.1 Å². The molecule has 5 heteroatoms. The molecule has 1 aromatic rings. The van der Waals surface area contributed by atoms with Gasteiger partial charge in [-0.3, -0.25) is 0 Å². The van der Waals surface area contributed by atoms with Gasteiger partial charge in [0.05, 0.1) is 11.3 Å². The second kappa shape index (κ2) is 5.58. The summed E-state index contributed by atoms with van der Waals surface area (Å²) in [7, 11) is -3.62. The summed E-state index contributed by atoms with van der Waals surface area (Å²) >= 11 is 0. The van der Waals surface area contributed by atoms with Crippen LogP contribution in [0, 0.1) is 0 Å². The molecule has 0 aliphatic carbocycles. The second-order valence-corrected chi connectivity index (χ2v) is 5.36. The van der Waals surface area contributed by atoms with Gasteiger partial charge in [-0.05, 0) is 18.6 Å². The number of hydrogen-bond acceptors (Lipinski definition) is 2. The van der Waals surface area contributed by atoms with Crippen molar-refractivity contribution < 1.29 is 13.2 Å². The van der Waals surface area contributed by atoms with Crippen molar-refractivity contribution in [2.24, 2.45) is 0 Å². The third kappa shape index (κ3) is 2.78. The Balaban J connectivity index is 3.07. The van der Waals surface area contributed by atoms with E-state index in [1.807, 2.05) is 6.92 Å². The molecule has 0 radical (unpaired) electrons. The lowest BCUT2D eigenvalue weighted by Gasteiger charge is -1.99. The summed E-state index contributed by atoms with van der Waals surface area (Å²) in [6, 6.07) is 8.00. The van der Waals surface area contributed by atoms with E-state index in [2.05, 4.69) is 4.79 Å². The highest BCUT2D eigenvalue weighted by Crippen LogP contribution is 2.13. The molecule has 86 valence electrons. The van der Waals surface area contributed by atoms with Crippen LogP contribution in [0.5, 0.6) is 0 Å². The van der Waals surface area contributed by atoms with Crippen molar-refractivity contribution in [3.8, 4) is 0 Å². The van der Waals surface area contributed by atoms with Gasteiger partial charge in [0.15, 0.2) is 0 Å². The Labute approximate surface area is 95.5 Å². The minimum absolute atomic E-state index is 0.166. The van der Waals surface area contributed by atoms with Gasteiger partial charge in [0.2, 0.25) is 0 Å². The summed E-state index contributed by atoms with van der Waals surface area (Å²) in [6.45, 7) is 1.95. The lowest BCUT2D eigenvalue weighted by molar-refractivity contribution is -0.00346. The quantitative estimate of drug-likeness (QED) is 0.349. The van der Waals surface area contributed by atoms with Gasteiger partial charge < -0.3 is 5.53 Å². The number of rotatable bonds is 4. The number of unbranched alkanes of at least 4 members (excludes halogenated alkanes) is 1. The highest BCUT2D eigenvalue weighted by atomic mass is 32.2. The minimum atomic E-state index is -3.62. The van der Waals surface area contributed by atoms with E-state index >= 15 is 0 Å². The lowest BCUT2D eigenvalue weighted by atomic mass is 10.3. The minimum Gasteiger partial charge on any atom is -0.360 e. The SMILES string of the molecule is CCCCC(=[N+]=[N-])S(=O)(=O)c1ccccc1. The normalized spacial score (nSPS) is 10.8. The predicted molar refractivity (Wildman–Crippen MR) is 61.8 cm³/mol. The molecule has 0 unspecified atom stereocenters. The molecule has 16 heavy (non-hydrogen) atoms. The molecule has 0 spiro atoms. The summed E-state index contributed by atoms with van der Waals surface area (Å²) in [6.07, 6.45) is 1.80. The van der Waals surface area contributed by atoms with Crippen molar-refractivity contribution in [1.82, 2.24) is 0 Å². The molecule has 0 aromatic heterocycles. The largest absolute Gasteiger partial charge is 0.385 e. The first-order valence-electron chi connectivity index (χ1n) is 5.14. The van der Waals surface area contributed by atoms with Crippen molar-refractivity contribution in [2.75, 3.05) is 0 Å². The number of sulfone groups is 1. The highest BCUT2D eigenvalue weighted by Gasteiger charge is 2.28. The van der Waals surface area contributed by atoms with Crippen LogP contribution in [0.2, 0.25) is 0 Å². The van der Waals surface area contributed by atoms with Crippen molar-refractivity contribution in [1.29, 1.82) is 0 Å². The van der Waals surface area contributed by atoms with Crippen molar-refractivity contribution in [3.63, 3.8) is 0 Å². The maximum Gasteiger partial charge on any atom is 0.385 e. The van der Waals surface area contributed by atoms with Gasteiger partial charge >= 0.3 is 5.04 Å². The van der Waals surface area contributed by atoms with E-state index in [-0.39, 0.29) is 16.4 Å². The molecule has 0 saturated heterocycles. The molecule has 0 heterocycles. The smallest absolute Gasteiger partial charge is 0.360 e. The van der Waals surface area contributed by atoms with Crippen LogP contribution in [-0.4, -0.2) is 18.3 Å². The zero-order chi connectivity index (χ0) is 12.0. The summed E-state index contributed by atoms with van der Waals surface area (Å²) in [5, 5.41) is -0.166. The van der Waals surface area contributed by atoms with Crippen molar-refractivity contribution >= 4 is 14.9 Å². The van der Waals surface area contributed by atoms with Gasteiger partial charge in [0.25, 0.3) is 9.84 Å². The molecule has 0 fully saturated rings. The van der Waals surface area contributed by atoms with Crippen LogP contribution in [0.3, 0.4) is 0 Å². The maximum absolute atomic E-state index is 12.0. The van der Waals surface area contributed by atoms with Crippen LogP contribution in [0.15, 0.2) is 35.2 Å². The lowest BCUT2D eigenvalue weighted by Crippen LogP contribution is -2.16. The molecule has 4 nitrogen and oxygen atoms in total. The summed E-state index contributed by atoms with van der Waals surface area (Å²) in [5.74, 6) is 0.